The van der Waals surface area contributed by atoms with E-state index in [1.807, 2.05) is 68.4 Å². The highest BCUT2D eigenvalue weighted by molar-refractivity contribution is 5.94. The quantitative estimate of drug-likeness (QED) is 0.536. The van der Waals surface area contributed by atoms with Crippen molar-refractivity contribution in [3.05, 3.63) is 94.4 Å². The lowest BCUT2D eigenvalue weighted by Gasteiger charge is -2.13. The van der Waals surface area contributed by atoms with Gasteiger partial charge in [-0.2, -0.15) is 5.10 Å². The Kier molecular flexibility index (Phi) is 4.99. The third-order valence-corrected chi connectivity index (χ3v) is 4.97. The van der Waals surface area contributed by atoms with Crippen molar-refractivity contribution in [2.75, 3.05) is 0 Å². The fourth-order valence-corrected chi connectivity index (χ4v) is 3.41. The van der Waals surface area contributed by atoms with Gasteiger partial charge in [-0.25, -0.2) is 14.3 Å². The number of nitrogens with zero attached hydrogens (tertiary/aromatic N) is 3. The molecule has 0 bridgehead atoms. The minimum atomic E-state index is -1.03. The molecule has 0 saturated carbocycles. The Labute approximate surface area is 168 Å². The number of rotatable bonds is 6. The Morgan fingerprint density at radius 3 is 2.59 bits per heavy atom. The molecule has 0 aliphatic heterocycles. The summed E-state index contributed by atoms with van der Waals surface area (Å²) in [6, 6.07) is 18.0. The van der Waals surface area contributed by atoms with E-state index in [9.17, 15) is 9.90 Å². The van der Waals surface area contributed by atoms with Crippen molar-refractivity contribution in [3.8, 4) is 5.75 Å². The summed E-state index contributed by atoms with van der Waals surface area (Å²) in [6.07, 6.45) is 2.00. The molecule has 4 rings (SSSR count). The molecule has 0 amide bonds. The first-order chi connectivity index (χ1) is 14.0. The maximum absolute atomic E-state index is 11.4. The Morgan fingerprint density at radius 1 is 1.07 bits per heavy atom. The van der Waals surface area contributed by atoms with Crippen LogP contribution in [0.5, 0.6) is 5.75 Å². The molecule has 2 aromatic carbocycles. The van der Waals surface area contributed by atoms with Crippen molar-refractivity contribution in [1.82, 2.24) is 14.6 Å². The first-order valence-corrected chi connectivity index (χ1v) is 9.35. The van der Waals surface area contributed by atoms with Crippen LogP contribution in [0.1, 0.15) is 38.4 Å². The number of hydrogen-bond donors (Lipinski definition) is 1. The lowest BCUT2D eigenvalue weighted by molar-refractivity contribution is 0.0698. The van der Waals surface area contributed by atoms with Gasteiger partial charge in [-0.1, -0.05) is 42.5 Å². The van der Waals surface area contributed by atoms with Gasteiger partial charge >= 0.3 is 5.97 Å². The molecule has 29 heavy (non-hydrogen) atoms. The van der Waals surface area contributed by atoms with Crippen molar-refractivity contribution in [2.24, 2.45) is 0 Å². The number of benzene rings is 2. The van der Waals surface area contributed by atoms with Crippen LogP contribution in [0.2, 0.25) is 0 Å². The number of aryl methyl sites for hydroxylation is 2. The largest absolute Gasteiger partial charge is 0.489 e. The number of carboxylic acid groups (broad SMARTS) is 1. The van der Waals surface area contributed by atoms with Gasteiger partial charge < -0.3 is 9.84 Å². The molecule has 0 spiro atoms. The minimum absolute atomic E-state index is 0.110. The summed E-state index contributed by atoms with van der Waals surface area (Å²) >= 11 is 0. The first-order valence-electron chi connectivity index (χ1n) is 9.35. The van der Waals surface area contributed by atoms with Crippen LogP contribution in [0.3, 0.4) is 0 Å². The third kappa shape index (κ3) is 3.82. The van der Waals surface area contributed by atoms with Crippen molar-refractivity contribution in [2.45, 2.75) is 26.9 Å². The average molecular weight is 387 g/mol. The molecule has 6 heteroatoms. The van der Waals surface area contributed by atoms with E-state index in [1.54, 1.807) is 4.52 Å². The summed E-state index contributed by atoms with van der Waals surface area (Å²) in [5.41, 5.74) is 5.40. The van der Waals surface area contributed by atoms with Crippen LogP contribution in [0, 0.1) is 13.8 Å². The lowest BCUT2D eigenvalue weighted by atomic mass is 10.0. The molecule has 0 saturated heterocycles. The Hall–Kier alpha value is -3.67. The second-order valence-electron chi connectivity index (χ2n) is 6.96. The fourth-order valence-electron chi connectivity index (χ4n) is 3.41. The van der Waals surface area contributed by atoms with E-state index < -0.39 is 5.97 Å². The number of carbonyl (C=O) groups is 1. The average Bonchev–Trinajstić information content (AvgIpc) is 3.15. The molecule has 6 nitrogen and oxygen atoms in total. The minimum Gasteiger partial charge on any atom is -0.489 e. The van der Waals surface area contributed by atoms with Crippen LogP contribution >= 0.6 is 0 Å². The molecule has 0 fully saturated rings. The van der Waals surface area contributed by atoms with Gasteiger partial charge in [0.1, 0.15) is 17.9 Å². The van der Waals surface area contributed by atoms with Crippen molar-refractivity contribution in [3.63, 3.8) is 0 Å². The molecular weight excluding hydrogens is 366 g/mol. The van der Waals surface area contributed by atoms with E-state index in [1.165, 1.54) is 6.20 Å². The van der Waals surface area contributed by atoms with Crippen molar-refractivity contribution in [1.29, 1.82) is 0 Å². The zero-order valence-corrected chi connectivity index (χ0v) is 16.3. The zero-order valence-electron chi connectivity index (χ0n) is 16.3. The zero-order chi connectivity index (χ0) is 20.4. The first kappa shape index (κ1) is 18.7. The number of ether oxygens (including phenoxy) is 1. The van der Waals surface area contributed by atoms with E-state index in [0.29, 0.717) is 18.7 Å². The Bertz CT molecular complexity index is 1180. The standard InChI is InChI=1S/C23H21N3O3/c1-15-20(16(2)26-22(25-15)21(13-24-26)23(27)28)12-18-9-6-10-19(11-18)29-14-17-7-4-3-5-8-17/h3-11,13H,12,14H2,1-2H3,(H,27,28). The molecule has 4 aromatic rings. The molecule has 146 valence electrons. The Morgan fingerprint density at radius 2 is 1.83 bits per heavy atom. The maximum Gasteiger partial charge on any atom is 0.341 e. The predicted octanol–water partition coefficient (Wildman–Crippen LogP) is 4.21. The molecule has 2 aromatic heterocycles. The second-order valence-corrected chi connectivity index (χ2v) is 6.96. The van der Waals surface area contributed by atoms with Gasteiger partial charge in [-0.05, 0) is 42.7 Å². The molecule has 0 unspecified atom stereocenters. The summed E-state index contributed by atoms with van der Waals surface area (Å²) in [5.74, 6) is -0.217. The second kappa shape index (κ2) is 7.75. The van der Waals surface area contributed by atoms with E-state index in [-0.39, 0.29) is 5.56 Å². The van der Waals surface area contributed by atoms with Crippen LogP contribution in [0.4, 0.5) is 0 Å². The highest BCUT2D eigenvalue weighted by Crippen LogP contribution is 2.23. The van der Waals surface area contributed by atoms with Crippen LogP contribution in [0.15, 0.2) is 60.8 Å². The number of carboxylic acids is 1. The molecule has 0 radical (unpaired) electrons. The smallest absolute Gasteiger partial charge is 0.341 e. The highest BCUT2D eigenvalue weighted by Gasteiger charge is 2.17. The number of hydrogen-bond acceptors (Lipinski definition) is 4. The van der Waals surface area contributed by atoms with E-state index >= 15 is 0 Å². The predicted molar refractivity (Wildman–Crippen MR) is 109 cm³/mol. The summed E-state index contributed by atoms with van der Waals surface area (Å²) in [7, 11) is 0. The Balaban J connectivity index is 1.59. The SMILES string of the molecule is Cc1nc2c(C(=O)O)cnn2c(C)c1Cc1cccc(OCc2ccccc2)c1. The number of fused-ring (bicyclic) bond motifs is 1. The normalized spacial score (nSPS) is 11.0. The maximum atomic E-state index is 11.4. The van der Waals surface area contributed by atoms with E-state index in [2.05, 4.69) is 10.1 Å². The summed E-state index contributed by atoms with van der Waals surface area (Å²) in [4.78, 5) is 15.9. The van der Waals surface area contributed by atoms with Crippen LogP contribution in [-0.2, 0) is 13.0 Å². The van der Waals surface area contributed by atoms with Gasteiger partial charge in [-0.3, -0.25) is 0 Å². The molecule has 2 heterocycles. The van der Waals surface area contributed by atoms with E-state index in [4.69, 9.17) is 4.74 Å². The lowest BCUT2D eigenvalue weighted by Crippen LogP contribution is -2.07. The van der Waals surface area contributed by atoms with Crippen molar-refractivity contribution >= 4 is 11.6 Å². The molecular formula is C23H21N3O3. The fraction of sp³-hybridized carbons (Fsp3) is 0.174. The van der Waals surface area contributed by atoms with Gasteiger partial charge in [0.25, 0.3) is 0 Å². The van der Waals surface area contributed by atoms with Gasteiger partial charge in [0, 0.05) is 17.8 Å². The van der Waals surface area contributed by atoms with Crippen LogP contribution in [-0.4, -0.2) is 25.7 Å². The molecule has 0 aliphatic rings. The van der Waals surface area contributed by atoms with Gasteiger partial charge in [0.2, 0.25) is 0 Å². The summed E-state index contributed by atoms with van der Waals surface area (Å²) in [6.45, 7) is 4.35. The van der Waals surface area contributed by atoms with Gasteiger partial charge in [0.05, 0.1) is 6.20 Å². The van der Waals surface area contributed by atoms with Crippen molar-refractivity contribution < 1.29 is 14.6 Å². The number of aromatic nitrogens is 3. The summed E-state index contributed by atoms with van der Waals surface area (Å²) < 4.78 is 7.53. The van der Waals surface area contributed by atoms with E-state index in [0.717, 1.165) is 33.8 Å². The molecule has 0 atom stereocenters. The molecule has 0 aliphatic carbocycles. The monoisotopic (exact) mass is 387 g/mol. The topological polar surface area (TPSA) is 76.7 Å². The number of aromatic carboxylic acids is 1. The van der Waals surface area contributed by atoms with Crippen LogP contribution < -0.4 is 4.74 Å². The summed E-state index contributed by atoms with van der Waals surface area (Å²) in [5, 5.41) is 13.5. The van der Waals surface area contributed by atoms with Gasteiger partial charge in [-0.15, -0.1) is 0 Å². The highest BCUT2D eigenvalue weighted by atomic mass is 16.5. The third-order valence-electron chi connectivity index (χ3n) is 4.97. The molecule has 1 N–H and O–H groups in total. The van der Waals surface area contributed by atoms with Crippen LogP contribution in [0.25, 0.3) is 5.65 Å². The van der Waals surface area contributed by atoms with Gasteiger partial charge in [0.15, 0.2) is 5.65 Å².